The molecule has 10 heteroatoms. The van der Waals surface area contributed by atoms with Crippen LogP contribution in [0.2, 0.25) is 0 Å². The van der Waals surface area contributed by atoms with Crippen molar-refractivity contribution in [2.24, 2.45) is 5.92 Å². The number of hydrogen-bond donors (Lipinski definition) is 1. The average Bonchev–Trinajstić information content (AvgIpc) is 3.34. The molecule has 1 aromatic heterocycles. The van der Waals surface area contributed by atoms with Gasteiger partial charge in [-0.2, -0.15) is 0 Å². The maximum Gasteiger partial charge on any atom is 0.286 e. The van der Waals surface area contributed by atoms with E-state index in [0.29, 0.717) is 18.8 Å². The maximum atomic E-state index is 13.0. The molecule has 1 atom stereocenters. The van der Waals surface area contributed by atoms with Crippen molar-refractivity contribution in [3.05, 3.63) is 40.3 Å². The number of piperazine rings is 1. The molecule has 3 amide bonds. The van der Waals surface area contributed by atoms with E-state index in [9.17, 15) is 14.4 Å². The zero-order valence-electron chi connectivity index (χ0n) is 18.2. The first-order valence-corrected chi connectivity index (χ1v) is 11.9. The van der Waals surface area contributed by atoms with Gasteiger partial charge in [0.15, 0.2) is 0 Å². The van der Waals surface area contributed by atoms with Crippen LogP contribution in [0.25, 0.3) is 0 Å². The predicted molar refractivity (Wildman–Crippen MR) is 122 cm³/mol. The van der Waals surface area contributed by atoms with Crippen LogP contribution >= 0.6 is 11.3 Å². The molecule has 0 unspecified atom stereocenters. The molecule has 2 aromatic rings. The highest BCUT2D eigenvalue weighted by Gasteiger charge is 2.33. The summed E-state index contributed by atoms with van der Waals surface area (Å²) in [5, 5.41) is 10.9. The smallest absolute Gasteiger partial charge is 0.286 e. The van der Waals surface area contributed by atoms with Crippen LogP contribution in [0, 0.1) is 5.92 Å². The first kappa shape index (κ1) is 22.3. The monoisotopic (exact) mass is 456 g/mol. The van der Waals surface area contributed by atoms with Gasteiger partial charge < -0.3 is 20.0 Å². The van der Waals surface area contributed by atoms with E-state index in [0.717, 1.165) is 56.9 Å². The second-order valence-corrected chi connectivity index (χ2v) is 9.06. The van der Waals surface area contributed by atoms with Gasteiger partial charge in [-0.25, -0.2) is 0 Å². The number of carbonyl (C=O) groups is 3. The van der Waals surface area contributed by atoms with Crippen LogP contribution in [0.15, 0.2) is 30.3 Å². The molecule has 0 saturated carbocycles. The van der Waals surface area contributed by atoms with Gasteiger partial charge in [-0.1, -0.05) is 36.5 Å². The number of likely N-dealkylation sites (N-methyl/N-ethyl adjacent to an activating group) is 1. The van der Waals surface area contributed by atoms with Gasteiger partial charge in [-0.15, -0.1) is 10.2 Å². The number of nitrogens with zero attached hydrogens (tertiary/aromatic N) is 5. The van der Waals surface area contributed by atoms with E-state index in [-0.39, 0.29) is 27.7 Å². The van der Waals surface area contributed by atoms with Gasteiger partial charge in [0.2, 0.25) is 15.9 Å². The van der Waals surface area contributed by atoms with Crippen LogP contribution in [-0.2, 0) is 4.79 Å². The number of nitrogens with one attached hydrogen (secondary N) is 1. The average molecular weight is 457 g/mol. The number of carbonyl (C=O) groups excluding carboxylic acids is 3. The zero-order valence-corrected chi connectivity index (χ0v) is 19.0. The SMILES string of the molecule is CCN1CCN(C(=O)[C@H]2CCCN(C(=O)c3nnc(C(=O)Nc4ccccc4)s3)C2)CC1. The van der Waals surface area contributed by atoms with Gasteiger partial charge in [0.05, 0.1) is 5.92 Å². The minimum absolute atomic E-state index is 0.135. The van der Waals surface area contributed by atoms with Crippen LogP contribution in [0.3, 0.4) is 0 Å². The van der Waals surface area contributed by atoms with E-state index in [1.165, 1.54) is 0 Å². The summed E-state index contributed by atoms with van der Waals surface area (Å²) in [5.74, 6) is -0.715. The van der Waals surface area contributed by atoms with Crippen LogP contribution in [0.5, 0.6) is 0 Å². The molecule has 0 bridgehead atoms. The van der Waals surface area contributed by atoms with E-state index in [1.54, 1.807) is 17.0 Å². The number of amides is 3. The quantitative estimate of drug-likeness (QED) is 0.737. The summed E-state index contributed by atoms with van der Waals surface area (Å²) in [4.78, 5) is 44.3. The Labute approximate surface area is 191 Å². The molecule has 0 spiro atoms. The Hall–Kier alpha value is -2.85. The Morgan fingerprint density at radius 1 is 1.00 bits per heavy atom. The molecule has 4 rings (SSSR count). The number of hydrogen-bond acceptors (Lipinski definition) is 7. The molecule has 0 radical (unpaired) electrons. The summed E-state index contributed by atoms with van der Waals surface area (Å²) < 4.78 is 0. The third kappa shape index (κ3) is 5.13. The lowest BCUT2D eigenvalue weighted by Gasteiger charge is -2.38. The van der Waals surface area contributed by atoms with Gasteiger partial charge in [0.25, 0.3) is 11.8 Å². The molecule has 2 saturated heterocycles. The van der Waals surface area contributed by atoms with Crippen molar-refractivity contribution in [1.29, 1.82) is 0 Å². The van der Waals surface area contributed by atoms with Crippen molar-refractivity contribution in [1.82, 2.24) is 24.9 Å². The van der Waals surface area contributed by atoms with Gasteiger partial charge in [-0.3, -0.25) is 14.4 Å². The highest BCUT2D eigenvalue weighted by Crippen LogP contribution is 2.23. The van der Waals surface area contributed by atoms with Gasteiger partial charge >= 0.3 is 0 Å². The van der Waals surface area contributed by atoms with E-state index in [4.69, 9.17) is 0 Å². The Kier molecular flexibility index (Phi) is 7.11. The molecule has 9 nitrogen and oxygen atoms in total. The number of rotatable bonds is 5. The predicted octanol–water partition coefficient (Wildman–Crippen LogP) is 1.81. The van der Waals surface area contributed by atoms with E-state index < -0.39 is 5.91 Å². The number of piperidine rings is 1. The minimum atomic E-state index is -0.398. The molecular weight excluding hydrogens is 428 g/mol. The topological polar surface area (TPSA) is 98.7 Å². The molecule has 32 heavy (non-hydrogen) atoms. The highest BCUT2D eigenvalue weighted by molar-refractivity contribution is 7.15. The van der Waals surface area contributed by atoms with Gasteiger partial charge in [0.1, 0.15) is 0 Å². The Morgan fingerprint density at radius 3 is 2.44 bits per heavy atom. The summed E-state index contributed by atoms with van der Waals surface area (Å²) >= 11 is 0.976. The third-order valence-electron chi connectivity index (χ3n) is 6.02. The van der Waals surface area contributed by atoms with E-state index in [1.807, 2.05) is 23.1 Å². The molecule has 2 aliphatic rings. The minimum Gasteiger partial charge on any atom is -0.340 e. The Bertz CT molecular complexity index is 958. The molecule has 1 N–H and O–H groups in total. The molecule has 3 heterocycles. The van der Waals surface area contributed by atoms with Gasteiger partial charge in [0, 0.05) is 45.0 Å². The van der Waals surface area contributed by atoms with Crippen molar-refractivity contribution in [2.75, 3.05) is 51.1 Å². The Balaban J connectivity index is 1.35. The van der Waals surface area contributed by atoms with E-state index in [2.05, 4.69) is 27.3 Å². The first-order valence-electron chi connectivity index (χ1n) is 11.1. The van der Waals surface area contributed by atoms with Crippen molar-refractivity contribution in [3.63, 3.8) is 0 Å². The first-order chi connectivity index (χ1) is 15.5. The number of benzene rings is 1. The fourth-order valence-corrected chi connectivity index (χ4v) is 4.86. The summed E-state index contributed by atoms with van der Waals surface area (Å²) in [6.45, 7) is 7.38. The summed E-state index contributed by atoms with van der Waals surface area (Å²) in [5.41, 5.74) is 0.651. The lowest BCUT2D eigenvalue weighted by Crippen LogP contribution is -2.52. The summed E-state index contributed by atoms with van der Waals surface area (Å²) in [7, 11) is 0. The van der Waals surface area contributed by atoms with Crippen molar-refractivity contribution in [2.45, 2.75) is 19.8 Å². The van der Waals surface area contributed by atoms with Crippen LogP contribution in [-0.4, -0.2) is 88.4 Å². The van der Waals surface area contributed by atoms with Gasteiger partial charge in [-0.05, 0) is 31.5 Å². The normalized spacial score (nSPS) is 19.6. The van der Waals surface area contributed by atoms with Crippen molar-refractivity contribution in [3.8, 4) is 0 Å². The molecule has 1 aromatic carbocycles. The zero-order chi connectivity index (χ0) is 22.5. The standard InChI is InChI=1S/C22H28N6O3S/c1-2-26-11-13-27(14-12-26)21(30)16-7-6-10-28(15-16)22(31)20-25-24-19(32-20)18(29)23-17-8-4-3-5-9-17/h3-5,8-9,16H,2,6-7,10-15H2,1H3,(H,23,29)/t16-/m0/s1. The third-order valence-corrected chi connectivity index (χ3v) is 6.93. The number of para-hydroxylation sites is 1. The molecule has 2 fully saturated rings. The second kappa shape index (κ2) is 10.2. The largest absolute Gasteiger partial charge is 0.340 e. The Morgan fingerprint density at radius 2 is 1.72 bits per heavy atom. The summed E-state index contributed by atoms with van der Waals surface area (Å²) in [6.07, 6.45) is 1.56. The summed E-state index contributed by atoms with van der Waals surface area (Å²) in [6, 6.07) is 9.06. The highest BCUT2D eigenvalue weighted by atomic mass is 32.1. The number of aromatic nitrogens is 2. The fraction of sp³-hybridized carbons (Fsp3) is 0.500. The molecule has 0 aliphatic carbocycles. The van der Waals surface area contributed by atoms with Crippen molar-refractivity contribution >= 4 is 34.7 Å². The van der Waals surface area contributed by atoms with E-state index >= 15 is 0 Å². The number of likely N-dealkylation sites (tertiary alicyclic amines) is 1. The molecule has 2 aliphatic heterocycles. The fourth-order valence-electron chi connectivity index (χ4n) is 4.15. The van der Waals surface area contributed by atoms with Crippen LogP contribution < -0.4 is 5.32 Å². The second-order valence-electron chi connectivity index (χ2n) is 8.08. The van der Waals surface area contributed by atoms with Crippen LogP contribution in [0.4, 0.5) is 5.69 Å². The van der Waals surface area contributed by atoms with Crippen molar-refractivity contribution < 1.29 is 14.4 Å². The lowest BCUT2D eigenvalue weighted by molar-refractivity contribution is -0.138. The maximum absolute atomic E-state index is 13.0. The van der Waals surface area contributed by atoms with Crippen LogP contribution in [0.1, 0.15) is 39.4 Å². The lowest BCUT2D eigenvalue weighted by atomic mass is 9.96. The molecule has 170 valence electrons. The number of anilines is 1. The molecular formula is C22H28N6O3S.